The van der Waals surface area contributed by atoms with Gasteiger partial charge >= 0.3 is 0 Å². The summed E-state index contributed by atoms with van der Waals surface area (Å²) in [5.41, 5.74) is 0. The van der Waals surface area contributed by atoms with E-state index in [1.165, 1.54) is 0 Å². The van der Waals surface area contributed by atoms with Crippen molar-refractivity contribution in [2.24, 2.45) is 0 Å². The van der Waals surface area contributed by atoms with Gasteiger partial charge in [-0.1, -0.05) is 0 Å². The SMILES string of the molecule is CCOCC1O[C@@H]2O[C@H]3C(COCC)O[C@@H](O[C@H]4C(COCC)O[C@@H](O[C@H]5C(COCC)O[C@@H](O[C@H]6C(COCC)O[C@@H](O[C@H]7C(COCC)O[C@H](O[C@H]8C(COCC)O[C@H](O[C@@H]1C(OCC)C2OCC)C(OCC)C8OCC)C(OCC)C7OCC)C(OCC)C6OCC)C(OCC)C5OCC)C(OCC)C4OCC)C(OCC)C3OCC. The summed E-state index contributed by atoms with van der Waals surface area (Å²) in [5.74, 6) is 0. The van der Waals surface area contributed by atoms with Gasteiger partial charge in [0.25, 0.3) is 0 Å². The van der Waals surface area contributed by atoms with Crippen LogP contribution in [0.25, 0.3) is 0 Å². The monoisotopic (exact) mass is 1720 g/mol. The highest BCUT2D eigenvalue weighted by Gasteiger charge is 2.63. The Morgan fingerprint density at radius 3 is 0.319 bits per heavy atom. The van der Waals surface area contributed by atoms with Gasteiger partial charge in [0.05, 0.1) is 46.2 Å². The van der Waals surface area contributed by atoms with Crippen LogP contribution in [0, 0.1) is 0 Å². The Kier molecular flexibility index (Phi) is 48.6. The number of hydrogen-bond donors (Lipinski definition) is 0. The first-order chi connectivity index (χ1) is 58.2. The van der Waals surface area contributed by atoms with Crippen molar-refractivity contribution in [3.05, 3.63) is 0 Å². The lowest BCUT2D eigenvalue weighted by Gasteiger charge is -2.53. The summed E-state index contributed by atoms with van der Waals surface area (Å²) >= 11 is 0. The van der Waals surface area contributed by atoms with E-state index in [1.54, 1.807) is 0 Å². The molecule has 119 heavy (non-hydrogen) atoms. The second-order valence-electron chi connectivity index (χ2n) is 29.0. The molecule has 21 fully saturated rings. The summed E-state index contributed by atoms with van der Waals surface area (Å²) in [5, 5.41) is 0. The zero-order valence-electron chi connectivity index (χ0n) is 75.3. The highest BCUT2D eigenvalue weighted by Crippen LogP contribution is 2.44. The Morgan fingerprint density at radius 2 is 0.227 bits per heavy atom. The van der Waals surface area contributed by atoms with Crippen molar-refractivity contribution in [1.29, 1.82) is 0 Å². The highest BCUT2D eigenvalue weighted by molar-refractivity contribution is 5.05. The third-order valence-electron chi connectivity index (χ3n) is 21.6. The van der Waals surface area contributed by atoms with E-state index < -0.39 is 215 Å². The van der Waals surface area contributed by atoms with Gasteiger partial charge in [-0.15, -0.1) is 0 Å². The lowest BCUT2D eigenvalue weighted by molar-refractivity contribution is -0.407. The predicted octanol–water partition coefficient (Wildman–Crippen LogP) is 6.70. The largest absolute Gasteiger partial charge is 0.379 e. The van der Waals surface area contributed by atoms with Crippen molar-refractivity contribution in [2.45, 2.75) is 360 Å². The summed E-state index contributed by atoms with van der Waals surface area (Å²) in [6, 6.07) is 0. The van der Waals surface area contributed by atoms with Crippen molar-refractivity contribution < 1.29 is 166 Å². The quantitative estimate of drug-likeness (QED) is 0.0611. The Labute approximate surface area is 708 Å². The van der Waals surface area contributed by atoms with Crippen molar-refractivity contribution in [2.75, 3.05) is 185 Å². The fourth-order valence-corrected chi connectivity index (χ4v) is 17.0. The summed E-state index contributed by atoms with van der Waals surface area (Å²) in [6.45, 7) is 44.9. The molecule has 21 unspecified atom stereocenters. The molecule has 21 rings (SSSR count). The van der Waals surface area contributed by atoms with E-state index in [-0.39, 0.29) is 139 Å². The number of rotatable bonds is 49. The minimum absolute atomic E-state index is 0.00152. The lowest BCUT2D eigenvalue weighted by atomic mass is 9.94. The molecule has 0 aromatic carbocycles. The Hall–Kier alpha value is -1.40. The first kappa shape index (κ1) is 103. The number of ether oxygens (including phenoxy) is 35. The maximum Gasteiger partial charge on any atom is 0.187 e. The highest BCUT2D eigenvalue weighted by atomic mass is 16.8. The summed E-state index contributed by atoms with van der Waals surface area (Å²) in [6.07, 6.45) is -35.7. The molecule has 14 bridgehead atoms. The van der Waals surface area contributed by atoms with E-state index >= 15 is 0 Å². The maximum atomic E-state index is 7.47. The normalized spacial score (nSPS) is 40.1. The first-order valence-corrected chi connectivity index (χ1v) is 45.0. The molecule has 0 aromatic rings. The van der Waals surface area contributed by atoms with Crippen LogP contribution in [0.4, 0.5) is 0 Å². The average molecular weight is 1720 g/mol. The molecular weight excluding hydrogens is 1570 g/mol. The minimum atomic E-state index is -1.22. The summed E-state index contributed by atoms with van der Waals surface area (Å²) in [7, 11) is 0. The van der Waals surface area contributed by atoms with Crippen molar-refractivity contribution in [3.63, 3.8) is 0 Å². The maximum absolute atomic E-state index is 7.47. The zero-order valence-corrected chi connectivity index (χ0v) is 75.3. The van der Waals surface area contributed by atoms with Crippen LogP contribution in [0.1, 0.15) is 145 Å². The third-order valence-corrected chi connectivity index (χ3v) is 21.6. The van der Waals surface area contributed by atoms with E-state index in [9.17, 15) is 0 Å². The molecule has 21 aliphatic rings. The Balaban J connectivity index is 1.36. The van der Waals surface area contributed by atoms with Gasteiger partial charge in [-0.05, 0) is 145 Å². The molecule has 0 spiro atoms. The van der Waals surface area contributed by atoms with E-state index in [4.69, 9.17) is 166 Å². The molecule has 0 amide bonds. The second-order valence-corrected chi connectivity index (χ2v) is 29.0. The van der Waals surface area contributed by atoms with E-state index in [0.29, 0.717) is 46.2 Å². The van der Waals surface area contributed by atoms with Crippen LogP contribution in [-0.4, -0.2) is 400 Å². The molecule has 0 radical (unpaired) electrons. The second kappa shape index (κ2) is 56.1. The first-order valence-electron chi connectivity index (χ1n) is 45.0. The van der Waals surface area contributed by atoms with Gasteiger partial charge in [0.15, 0.2) is 44.0 Å². The Morgan fingerprint density at radius 1 is 0.126 bits per heavy atom. The van der Waals surface area contributed by atoms with Crippen molar-refractivity contribution >= 4 is 0 Å². The van der Waals surface area contributed by atoms with Crippen LogP contribution < -0.4 is 0 Å². The van der Waals surface area contributed by atoms with Crippen LogP contribution in [-0.2, 0) is 166 Å². The van der Waals surface area contributed by atoms with Gasteiger partial charge < -0.3 is 166 Å². The zero-order chi connectivity index (χ0) is 85.8. The van der Waals surface area contributed by atoms with E-state index in [0.717, 1.165) is 0 Å². The van der Waals surface area contributed by atoms with Gasteiger partial charge in [-0.25, -0.2) is 0 Å². The molecule has 0 N–H and O–H groups in total. The fraction of sp³-hybridized carbons (Fsp3) is 1.00. The van der Waals surface area contributed by atoms with Crippen molar-refractivity contribution in [1.82, 2.24) is 0 Å². The number of hydrogen-bond acceptors (Lipinski definition) is 35. The van der Waals surface area contributed by atoms with Gasteiger partial charge in [0.2, 0.25) is 0 Å². The molecule has 35 atom stereocenters. The molecule has 21 heterocycles. The molecule has 0 aliphatic carbocycles. The molecule has 21 aliphatic heterocycles. The van der Waals surface area contributed by atoms with Crippen LogP contribution in [0.5, 0.6) is 0 Å². The van der Waals surface area contributed by atoms with E-state index in [1.807, 2.05) is 145 Å². The fourth-order valence-electron chi connectivity index (χ4n) is 17.0. The van der Waals surface area contributed by atoms with Crippen LogP contribution in [0.3, 0.4) is 0 Å². The minimum Gasteiger partial charge on any atom is -0.379 e. The van der Waals surface area contributed by atoms with Gasteiger partial charge in [0.1, 0.15) is 171 Å². The van der Waals surface area contributed by atoms with Crippen LogP contribution >= 0.6 is 0 Å². The van der Waals surface area contributed by atoms with E-state index in [2.05, 4.69) is 0 Å². The molecule has 35 nitrogen and oxygen atoms in total. The van der Waals surface area contributed by atoms with Crippen LogP contribution in [0.15, 0.2) is 0 Å². The third kappa shape index (κ3) is 27.4. The van der Waals surface area contributed by atoms with Gasteiger partial charge in [-0.2, -0.15) is 0 Å². The smallest absolute Gasteiger partial charge is 0.187 e. The molecule has 700 valence electrons. The molecule has 35 heteroatoms. The van der Waals surface area contributed by atoms with Gasteiger partial charge in [-0.3, -0.25) is 0 Å². The molecule has 0 saturated carbocycles. The lowest BCUT2D eigenvalue weighted by Crippen LogP contribution is -2.70. The Bertz CT molecular complexity index is 2120. The topological polar surface area (TPSA) is 323 Å². The molecule has 21 saturated heterocycles. The van der Waals surface area contributed by atoms with Crippen molar-refractivity contribution in [3.8, 4) is 0 Å². The predicted molar refractivity (Wildman–Crippen MR) is 426 cm³/mol. The summed E-state index contributed by atoms with van der Waals surface area (Å²) < 4.78 is 244. The molecule has 0 aromatic heterocycles. The van der Waals surface area contributed by atoms with Gasteiger partial charge in [0, 0.05) is 139 Å². The van der Waals surface area contributed by atoms with Crippen LogP contribution in [0.2, 0.25) is 0 Å². The average Bonchev–Trinajstić information content (AvgIpc) is 0.818. The standard InChI is InChI=1S/C84H154O35/c1-22-85-43-50-57-64(92-29-8)71(99-36-15)78(106-50)114-58-51(44-86-23-2)108-80(73(101-38-17)65(58)93-30-9)116-60-53(46-88-25-4)110-82(75(103-40-19)67(60)95-32-11)118-62-55(48-90-27-6)112-84(77(105-42-21)69(62)97-34-13)119-63-56(49-91-28-7)111-83(76(104-41-20)70(63)98-35-14)117-61-54(47-89-26-5)109-81(74(102-39-18)68(61)96-33-12)115-59-52(45-87-24-3)107-79(113-57)72(100-37-16)66(59)94-31-10/h50-84H,22-49H2,1-21H3/t50?,51?,52?,53?,54?,55?,56?,57-,58-,59-,60-,61-,62-,63-,64?,65?,66?,67?,68?,69?,70?,71?,72?,73?,74?,75?,76?,77?,78-,79-,80-,81-,82+,83+,84+/m0/s1. The molecular formula is C84H154O35. The summed E-state index contributed by atoms with van der Waals surface area (Å²) in [4.78, 5) is 0.